The summed E-state index contributed by atoms with van der Waals surface area (Å²) in [4.78, 5) is 12.1. The monoisotopic (exact) mass is 241 g/mol. The Bertz CT molecular complexity index is 278. The Kier molecular flexibility index (Phi) is 3.73. The third kappa shape index (κ3) is 2.99. The number of hydrogen-bond donors (Lipinski definition) is 1. The molecule has 17 heavy (non-hydrogen) atoms. The average molecular weight is 241 g/mol. The van der Waals surface area contributed by atoms with Crippen LogP contribution in [0, 0.1) is 5.92 Å². The molecule has 98 valence electrons. The molecule has 4 nitrogen and oxygen atoms in total. The van der Waals surface area contributed by atoms with E-state index in [1.807, 2.05) is 13.8 Å². The van der Waals surface area contributed by atoms with E-state index in [9.17, 15) is 4.79 Å². The van der Waals surface area contributed by atoms with Crippen LogP contribution in [0.3, 0.4) is 0 Å². The molecule has 2 fully saturated rings. The van der Waals surface area contributed by atoms with Gasteiger partial charge in [-0.1, -0.05) is 0 Å². The minimum Gasteiger partial charge on any atom is -0.468 e. The summed E-state index contributed by atoms with van der Waals surface area (Å²) in [6, 6.07) is 0. The zero-order valence-corrected chi connectivity index (χ0v) is 11.0. The number of esters is 1. The molecular weight excluding hydrogens is 218 g/mol. The Balaban J connectivity index is 2.06. The van der Waals surface area contributed by atoms with Gasteiger partial charge in [-0.15, -0.1) is 0 Å². The summed E-state index contributed by atoms with van der Waals surface area (Å²) in [6.07, 6.45) is 4.18. The second-order valence-corrected chi connectivity index (χ2v) is 5.56. The van der Waals surface area contributed by atoms with Crippen LogP contribution in [0.5, 0.6) is 0 Å². The highest BCUT2D eigenvalue weighted by molar-refractivity contribution is 5.81. The summed E-state index contributed by atoms with van der Waals surface area (Å²) in [5, 5.41) is 3.45. The summed E-state index contributed by atoms with van der Waals surface area (Å²) in [5.41, 5.74) is -0.533. The molecule has 1 saturated heterocycles. The molecule has 0 aromatic heterocycles. The number of nitrogens with one attached hydrogen (secondary N) is 1. The Morgan fingerprint density at radius 3 is 2.41 bits per heavy atom. The first-order valence-electron chi connectivity index (χ1n) is 6.54. The summed E-state index contributed by atoms with van der Waals surface area (Å²) >= 11 is 0. The van der Waals surface area contributed by atoms with Crippen LogP contribution in [-0.2, 0) is 14.3 Å². The second-order valence-electron chi connectivity index (χ2n) is 5.56. The number of rotatable bonds is 4. The molecule has 1 saturated carbocycles. The fourth-order valence-corrected chi connectivity index (χ4v) is 2.80. The largest absolute Gasteiger partial charge is 0.468 e. The minimum atomic E-state index is -0.533. The van der Waals surface area contributed by atoms with Gasteiger partial charge in [-0.05, 0) is 39.2 Å². The first-order chi connectivity index (χ1) is 8.05. The molecule has 0 aromatic carbocycles. The zero-order valence-electron chi connectivity index (χ0n) is 11.0. The van der Waals surface area contributed by atoms with Crippen molar-refractivity contribution in [3.8, 4) is 0 Å². The highest BCUT2D eigenvalue weighted by atomic mass is 16.5. The van der Waals surface area contributed by atoms with Gasteiger partial charge in [0.2, 0.25) is 0 Å². The van der Waals surface area contributed by atoms with E-state index in [-0.39, 0.29) is 18.2 Å². The van der Waals surface area contributed by atoms with E-state index >= 15 is 0 Å². The molecule has 2 rings (SSSR count). The van der Waals surface area contributed by atoms with Crippen molar-refractivity contribution in [3.05, 3.63) is 0 Å². The lowest BCUT2D eigenvalue weighted by Gasteiger charge is -2.41. The van der Waals surface area contributed by atoms with Crippen LogP contribution in [0.15, 0.2) is 0 Å². The van der Waals surface area contributed by atoms with Gasteiger partial charge in [-0.25, -0.2) is 0 Å². The highest BCUT2D eigenvalue weighted by Crippen LogP contribution is 2.33. The Morgan fingerprint density at radius 1 is 1.35 bits per heavy atom. The van der Waals surface area contributed by atoms with E-state index in [2.05, 4.69) is 5.32 Å². The maximum atomic E-state index is 12.1. The number of ether oxygens (including phenoxy) is 2. The predicted molar refractivity (Wildman–Crippen MR) is 64.7 cm³/mol. The molecule has 2 atom stereocenters. The molecule has 4 heteroatoms. The van der Waals surface area contributed by atoms with Gasteiger partial charge in [0.15, 0.2) is 0 Å². The van der Waals surface area contributed by atoms with Crippen molar-refractivity contribution >= 4 is 5.97 Å². The number of carbonyl (C=O) groups excluding carboxylic acids is 1. The summed E-state index contributed by atoms with van der Waals surface area (Å²) in [5.74, 6) is 0.616. The van der Waals surface area contributed by atoms with E-state index < -0.39 is 5.54 Å². The van der Waals surface area contributed by atoms with Crippen LogP contribution in [0.4, 0.5) is 0 Å². The SMILES string of the molecule is COC(=O)C1(NCC2CC2)CC(C)OC(C)C1. The zero-order chi connectivity index (χ0) is 12.5. The maximum Gasteiger partial charge on any atom is 0.326 e. The lowest BCUT2D eigenvalue weighted by molar-refractivity contribution is -0.159. The molecule has 1 aliphatic heterocycles. The van der Waals surface area contributed by atoms with E-state index in [4.69, 9.17) is 9.47 Å². The van der Waals surface area contributed by atoms with Crippen molar-refractivity contribution in [2.24, 2.45) is 5.92 Å². The van der Waals surface area contributed by atoms with Crippen LogP contribution in [0.1, 0.15) is 39.5 Å². The van der Waals surface area contributed by atoms with Gasteiger partial charge in [-0.3, -0.25) is 4.79 Å². The van der Waals surface area contributed by atoms with E-state index in [1.165, 1.54) is 20.0 Å². The standard InChI is InChI=1S/C13H23NO3/c1-9-6-13(12(15)16-3,7-10(2)17-9)14-8-11-4-5-11/h9-11,14H,4-8H2,1-3H3. The minimum absolute atomic E-state index is 0.101. The third-order valence-electron chi connectivity index (χ3n) is 3.74. The van der Waals surface area contributed by atoms with Gasteiger partial charge in [0.25, 0.3) is 0 Å². The fraction of sp³-hybridized carbons (Fsp3) is 0.923. The topological polar surface area (TPSA) is 47.6 Å². The summed E-state index contributed by atoms with van der Waals surface area (Å²) in [6.45, 7) is 4.97. The molecule has 1 heterocycles. The maximum absolute atomic E-state index is 12.1. The van der Waals surface area contributed by atoms with Crippen LogP contribution >= 0.6 is 0 Å². The van der Waals surface area contributed by atoms with Gasteiger partial charge < -0.3 is 14.8 Å². The van der Waals surface area contributed by atoms with Crippen molar-refractivity contribution in [2.75, 3.05) is 13.7 Å². The number of methoxy groups -OCH3 is 1. The molecule has 0 radical (unpaired) electrons. The molecule has 0 aromatic rings. The van der Waals surface area contributed by atoms with Crippen molar-refractivity contribution in [2.45, 2.75) is 57.3 Å². The Labute approximate surface area is 103 Å². The van der Waals surface area contributed by atoms with Crippen molar-refractivity contribution < 1.29 is 14.3 Å². The Hall–Kier alpha value is -0.610. The predicted octanol–water partition coefficient (Wildman–Crippen LogP) is 1.49. The quantitative estimate of drug-likeness (QED) is 0.757. The van der Waals surface area contributed by atoms with E-state index in [0.29, 0.717) is 12.8 Å². The second kappa shape index (κ2) is 4.94. The van der Waals surface area contributed by atoms with Gasteiger partial charge in [-0.2, -0.15) is 0 Å². The smallest absolute Gasteiger partial charge is 0.326 e. The lowest BCUT2D eigenvalue weighted by Crippen LogP contribution is -2.59. The molecule has 1 N–H and O–H groups in total. The molecule has 2 unspecified atom stereocenters. The van der Waals surface area contributed by atoms with Gasteiger partial charge in [0, 0.05) is 12.8 Å². The third-order valence-corrected chi connectivity index (χ3v) is 3.74. The molecule has 0 spiro atoms. The molecule has 0 bridgehead atoms. The first kappa shape index (κ1) is 12.8. The van der Waals surface area contributed by atoms with E-state index in [1.54, 1.807) is 0 Å². The summed E-state index contributed by atoms with van der Waals surface area (Å²) in [7, 11) is 1.47. The average Bonchev–Trinajstić information content (AvgIpc) is 3.07. The molecular formula is C13H23NO3. The molecule has 1 aliphatic carbocycles. The van der Waals surface area contributed by atoms with Crippen molar-refractivity contribution in [1.82, 2.24) is 5.32 Å². The van der Waals surface area contributed by atoms with Gasteiger partial charge in [0.1, 0.15) is 5.54 Å². The van der Waals surface area contributed by atoms with Crippen LogP contribution in [0.25, 0.3) is 0 Å². The normalized spacial score (nSPS) is 37.8. The lowest BCUT2D eigenvalue weighted by atomic mass is 9.84. The van der Waals surface area contributed by atoms with Crippen LogP contribution in [-0.4, -0.2) is 37.4 Å². The Morgan fingerprint density at radius 2 is 1.94 bits per heavy atom. The van der Waals surface area contributed by atoms with Crippen LogP contribution in [0.2, 0.25) is 0 Å². The highest BCUT2D eigenvalue weighted by Gasteiger charge is 2.46. The number of carbonyl (C=O) groups is 1. The molecule has 0 amide bonds. The van der Waals surface area contributed by atoms with Crippen molar-refractivity contribution in [1.29, 1.82) is 0 Å². The number of hydrogen-bond acceptors (Lipinski definition) is 4. The van der Waals surface area contributed by atoms with Crippen molar-refractivity contribution in [3.63, 3.8) is 0 Å². The van der Waals surface area contributed by atoms with E-state index in [0.717, 1.165) is 12.5 Å². The summed E-state index contributed by atoms with van der Waals surface area (Å²) < 4.78 is 10.7. The first-order valence-corrected chi connectivity index (χ1v) is 6.54. The van der Waals surface area contributed by atoms with Gasteiger partial charge >= 0.3 is 5.97 Å². The van der Waals surface area contributed by atoms with Crippen LogP contribution < -0.4 is 5.32 Å². The fourth-order valence-electron chi connectivity index (χ4n) is 2.80. The van der Waals surface area contributed by atoms with Gasteiger partial charge in [0.05, 0.1) is 19.3 Å². The molecule has 2 aliphatic rings.